The second-order valence-electron chi connectivity index (χ2n) is 8.48. The lowest BCUT2D eigenvalue weighted by Crippen LogP contribution is -2.26. The molecule has 6 nitrogen and oxygen atoms in total. The van der Waals surface area contributed by atoms with Crippen molar-refractivity contribution in [3.63, 3.8) is 0 Å². The van der Waals surface area contributed by atoms with Gasteiger partial charge >= 0.3 is 0 Å². The van der Waals surface area contributed by atoms with Crippen molar-refractivity contribution in [2.45, 2.75) is 13.0 Å². The van der Waals surface area contributed by atoms with Gasteiger partial charge in [-0.15, -0.1) is 0 Å². The van der Waals surface area contributed by atoms with Crippen LogP contribution in [0.1, 0.15) is 21.5 Å². The van der Waals surface area contributed by atoms with Crippen LogP contribution in [0.4, 0.5) is 4.39 Å². The average molecular weight is 479 g/mol. The molecule has 3 heterocycles. The van der Waals surface area contributed by atoms with Crippen molar-refractivity contribution < 1.29 is 9.18 Å². The molecule has 0 spiro atoms. The molecule has 0 atom stereocenters. The molecule has 5 aromatic rings. The van der Waals surface area contributed by atoms with Crippen LogP contribution in [0.3, 0.4) is 0 Å². The molecule has 0 aliphatic carbocycles. The number of nitrogens with zero attached hydrogens (tertiary/aromatic N) is 3. The number of amides is 1. The fourth-order valence-corrected chi connectivity index (χ4v) is 4.16. The Bertz CT molecular complexity index is 1600. The first-order valence-electron chi connectivity index (χ1n) is 11.6. The molecule has 178 valence electrons. The fourth-order valence-electron chi connectivity index (χ4n) is 4.16. The summed E-state index contributed by atoms with van der Waals surface area (Å²) in [5, 5.41) is 4.36. The molecule has 0 saturated carbocycles. The molecule has 0 unspecified atom stereocenters. The van der Waals surface area contributed by atoms with Crippen LogP contribution < -0.4 is 10.9 Å². The first-order chi connectivity index (χ1) is 17.6. The average Bonchev–Trinajstić information content (AvgIpc) is 2.91. The van der Waals surface area contributed by atoms with E-state index in [-0.39, 0.29) is 11.5 Å². The zero-order valence-corrected chi connectivity index (χ0v) is 19.4. The predicted octanol–water partition coefficient (Wildman–Crippen LogP) is 4.62. The van der Waals surface area contributed by atoms with E-state index in [1.54, 1.807) is 47.4 Å². The summed E-state index contributed by atoms with van der Waals surface area (Å²) in [6.07, 6.45) is 7.18. The smallest absolute Gasteiger partial charge is 0.258 e. The summed E-state index contributed by atoms with van der Waals surface area (Å²) < 4.78 is 14.9. The van der Waals surface area contributed by atoms with Gasteiger partial charge in [0, 0.05) is 42.3 Å². The van der Waals surface area contributed by atoms with Crippen LogP contribution >= 0.6 is 0 Å². The number of fused-ring (bicyclic) bond motifs is 1. The van der Waals surface area contributed by atoms with E-state index >= 15 is 0 Å². The van der Waals surface area contributed by atoms with E-state index in [0.29, 0.717) is 30.5 Å². The SMILES string of the molecule is O=C(NCCc1ccnc(F)c1)c1cccc(Cn2ccc3cc(-c4ccncc4)ccc3c2=O)c1. The summed E-state index contributed by atoms with van der Waals surface area (Å²) in [5.74, 6) is -0.759. The Balaban J connectivity index is 1.29. The van der Waals surface area contributed by atoms with Gasteiger partial charge in [0.1, 0.15) is 0 Å². The second kappa shape index (κ2) is 10.3. The van der Waals surface area contributed by atoms with Gasteiger partial charge in [0.15, 0.2) is 0 Å². The molecule has 1 amide bonds. The van der Waals surface area contributed by atoms with Crippen LogP contribution in [0.25, 0.3) is 21.9 Å². The second-order valence-corrected chi connectivity index (χ2v) is 8.48. The van der Waals surface area contributed by atoms with Gasteiger partial charge in [0.2, 0.25) is 5.95 Å². The molecular weight excluding hydrogens is 455 g/mol. The fraction of sp³-hybridized carbons (Fsp3) is 0.103. The third kappa shape index (κ3) is 5.20. The van der Waals surface area contributed by atoms with Gasteiger partial charge in [-0.2, -0.15) is 4.39 Å². The zero-order chi connectivity index (χ0) is 24.9. The minimum Gasteiger partial charge on any atom is -0.352 e. The van der Waals surface area contributed by atoms with Crippen molar-refractivity contribution in [2.24, 2.45) is 0 Å². The highest BCUT2D eigenvalue weighted by Gasteiger charge is 2.09. The molecular formula is C29H23FN4O2. The van der Waals surface area contributed by atoms with Crippen molar-refractivity contribution in [1.82, 2.24) is 19.9 Å². The molecule has 3 aromatic heterocycles. The molecule has 0 radical (unpaired) electrons. The van der Waals surface area contributed by atoms with Crippen LogP contribution in [0.2, 0.25) is 0 Å². The topological polar surface area (TPSA) is 76.9 Å². The molecule has 0 fully saturated rings. The van der Waals surface area contributed by atoms with Crippen molar-refractivity contribution in [3.8, 4) is 11.1 Å². The predicted molar refractivity (Wildman–Crippen MR) is 137 cm³/mol. The highest BCUT2D eigenvalue weighted by Crippen LogP contribution is 2.22. The molecule has 5 rings (SSSR count). The summed E-state index contributed by atoms with van der Waals surface area (Å²) in [6.45, 7) is 0.719. The number of benzene rings is 2. The Morgan fingerprint density at radius 3 is 2.58 bits per heavy atom. The highest BCUT2D eigenvalue weighted by atomic mass is 19.1. The third-order valence-corrected chi connectivity index (χ3v) is 6.02. The van der Waals surface area contributed by atoms with Gasteiger partial charge in [-0.25, -0.2) is 4.98 Å². The number of hydrogen-bond acceptors (Lipinski definition) is 4. The third-order valence-electron chi connectivity index (χ3n) is 6.02. The van der Waals surface area contributed by atoms with Crippen molar-refractivity contribution in [1.29, 1.82) is 0 Å². The summed E-state index contributed by atoms with van der Waals surface area (Å²) in [5.41, 5.74) is 4.08. The Hall–Kier alpha value is -4.65. The van der Waals surface area contributed by atoms with Crippen LogP contribution in [-0.2, 0) is 13.0 Å². The molecule has 7 heteroatoms. The maximum absolute atomic E-state index is 13.2. The number of hydrogen-bond donors (Lipinski definition) is 1. The molecule has 0 saturated heterocycles. The van der Waals surface area contributed by atoms with Gasteiger partial charge in [0.25, 0.3) is 11.5 Å². The number of halogens is 1. The number of carbonyl (C=O) groups is 1. The molecule has 36 heavy (non-hydrogen) atoms. The zero-order valence-electron chi connectivity index (χ0n) is 19.4. The number of rotatable bonds is 7. The minimum atomic E-state index is -0.537. The first kappa shape index (κ1) is 23.1. The standard InChI is InChI=1S/C29H23FN4O2/c30-27-17-20(6-13-32-27)7-14-33-28(35)25-3-1-2-21(16-25)19-34-15-10-24-18-23(4-5-26(24)29(34)36)22-8-11-31-12-9-22/h1-6,8-13,15-18H,7,14,19H2,(H,33,35). The first-order valence-corrected chi connectivity index (χ1v) is 11.6. The molecule has 1 N–H and O–H groups in total. The maximum atomic E-state index is 13.2. The molecule has 0 aliphatic rings. The minimum absolute atomic E-state index is 0.0896. The number of pyridine rings is 3. The van der Waals surface area contributed by atoms with E-state index in [0.717, 1.165) is 27.6 Å². The van der Waals surface area contributed by atoms with Crippen molar-refractivity contribution >= 4 is 16.7 Å². The van der Waals surface area contributed by atoms with Gasteiger partial charge < -0.3 is 9.88 Å². The van der Waals surface area contributed by atoms with Crippen LogP contribution in [0, 0.1) is 5.95 Å². The number of nitrogens with one attached hydrogen (secondary N) is 1. The molecule has 0 aliphatic heterocycles. The highest BCUT2D eigenvalue weighted by molar-refractivity contribution is 5.94. The Kier molecular flexibility index (Phi) is 6.62. The normalized spacial score (nSPS) is 10.9. The summed E-state index contributed by atoms with van der Waals surface area (Å²) in [6, 6.07) is 21.9. The van der Waals surface area contributed by atoms with Gasteiger partial charge in [0.05, 0.1) is 6.54 Å². The Morgan fingerprint density at radius 2 is 1.75 bits per heavy atom. The van der Waals surface area contributed by atoms with E-state index in [2.05, 4.69) is 15.3 Å². The Labute approximate surface area is 207 Å². The summed E-state index contributed by atoms with van der Waals surface area (Å²) >= 11 is 0. The van der Waals surface area contributed by atoms with Crippen LogP contribution in [0.5, 0.6) is 0 Å². The van der Waals surface area contributed by atoms with Crippen molar-refractivity contribution in [3.05, 3.63) is 131 Å². The van der Waals surface area contributed by atoms with E-state index in [1.165, 1.54) is 12.3 Å². The lowest BCUT2D eigenvalue weighted by molar-refractivity contribution is 0.0954. The van der Waals surface area contributed by atoms with E-state index in [4.69, 9.17) is 0 Å². The van der Waals surface area contributed by atoms with Crippen molar-refractivity contribution in [2.75, 3.05) is 6.54 Å². The maximum Gasteiger partial charge on any atom is 0.258 e. The van der Waals surface area contributed by atoms with E-state index in [9.17, 15) is 14.0 Å². The lowest BCUT2D eigenvalue weighted by Gasteiger charge is -2.10. The Morgan fingerprint density at radius 1 is 0.889 bits per heavy atom. The molecule has 2 aromatic carbocycles. The van der Waals surface area contributed by atoms with E-state index in [1.807, 2.05) is 42.5 Å². The van der Waals surface area contributed by atoms with Gasteiger partial charge in [-0.05, 0) is 88.7 Å². The molecule has 0 bridgehead atoms. The lowest BCUT2D eigenvalue weighted by atomic mass is 10.0. The number of aromatic nitrogens is 3. The van der Waals surface area contributed by atoms with Gasteiger partial charge in [-0.1, -0.05) is 18.2 Å². The summed E-state index contributed by atoms with van der Waals surface area (Å²) in [7, 11) is 0. The van der Waals surface area contributed by atoms with Crippen LogP contribution in [-0.4, -0.2) is 27.0 Å². The van der Waals surface area contributed by atoms with E-state index < -0.39 is 5.95 Å². The summed E-state index contributed by atoms with van der Waals surface area (Å²) in [4.78, 5) is 33.4. The monoisotopic (exact) mass is 478 g/mol. The van der Waals surface area contributed by atoms with Gasteiger partial charge in [-0.3, -0.25) is 14.6 Å². The largest absolute Gasteiger partial charge is 0.352 e. The quantitative estimate of drug-likeness (QED) is 0.347. The number of carbonyl (C=O) groups excluding carboxylic acids is 1. The van der Waals surface area contributed by atoms with Crippen LogP contribution in [0.15, 0.2) is 102 Å².